The summed E-state index contributed by atoms with van der Waals surface area (Å²) >= 11 is 0. The van der Waals surface area contributed by atoms with Crippen molar-refractivity contribution in [3.63, 3.8) is 0 Å². The molecule has 108 valence electrons. The monoisotopic (exact) mass is 284 g/mol. The maximum absolute atomic E-state index is 12.3. The Morgan fingerprint density at radius 3 is 2.26 bits per heavy atom. The van der Waals surface area contributed by atoms with Gasteiger partial charge in [-0.05, 0) is 44.5 Å². The number of benzene rings is 1. The highest BCUT2D eigenvalue weighted by molar-refractivity contribution is 7.89. The third-order valence-electron chi connectivity index (χ3n) is 3.08. The van der Waals surface area contributed by atoms with Crippen molar-refractivity contribution < 1.29 is 8.42 Å². The van der Waals surface area contributed by atoms with E-state index in [0.717, 1.165) is 25.1 Å². The third kappa shape index (κ3) is 4.30. The molecule has 0 fully saturated rings. The Hall–Kier alpha value is -0.910. The molecule has 1 aromatic carbocycles. The van der Waals surface area contributed by atoms with Crippen molar-refractivity contribution in [1.82, 2.24) is 9.62 Å². The second-order valence-corrected chi connectivity index (χ2v) is 6.93. The molecule has 0 spiro atoms. The Labute approximate surface area is 116 Å². The van der Waals surface area contributed by atoms with Crippen molar-refractivity contribution in [3.05, 3.63) is 29.8 Å². The molecule has 0 aliphatic rings. The molecule has 0 aliphatic heterocycles. The van der Waals surface area contributed by atoms with Crippen LogP contribution in [-0.4, -0.2) is 32.4 Å². The summed E-state index contributed by atoms with van der Waals surface area (Å²) in [4.78, 5) is 0.350. The molecule has 0 saturated heterocycles. The second kappa shape index (κ2) is 7.03. The van der Waals surface area contributed by atoms with E-state index < -0.39 is 10.0 Å². The molecular formula is C14H24N2O2S. The standard InChI is InChI=1S/C14H24N2O2S/c1-5-10-15-11-13-6-8-14(9-7-13)19(17,18)16(4)12(2)3/h6-9,12,15H,5,10-11H2,1-4H3. The Morgan fingerprint density at radius 2 is 1.79 bits per heavy atom. The third-order valence-corrected chi connectivity index (χ3v) is 5.13. The molecule has 0 amide bonds. The normalized spacial score (nSPS) is 12.3. The van der Waals surface area contributed by atoms with Gasteiger partial charge in [-0.25, -0.2) is 8.42 Å². The minimum absolute atomic E-state index is 0.0455. The van der Waals surface area contributed by atoms with E-state index in [9.17, 15) is 8.42 Å². The maximum Gasteiger partial charge on any atom is 0.243 e. The maximum atomic E-state index is 12.3. The van der Waals surface area contributed by atoms with E-state index in [-0.39, 0.29) is 6.04 Å². The van der Waals surface area contributed by atoms with Crippen molar-refractivity contribution in [3.8, 4) is 0 Å². The molecule has 0 saturated carbocycles. The van der Waals surface area contributed by atoms with Crippen LogP contribution in [-0.2, 0) is 16.6 Å². The van der Waals surface area contributed by atoms with Crippen LogP contribution in [0.1, 0.15) is 32.8 Å². The second-order valence-electron chi connectivity index (χ2n) is 4.94. The van der Waals surface area contributed by atoms with Crippen molar-refractivity contribution in [2.75, 3.05) is 13.6 Å². The molecule has 19 heavy (non-hydrogen) atoms. The fourth-order valence-electron chi connectivity index (χ4n) is 1.63. The summed E-state index contributed by atoms with van der Waals surface area (Å²) in [6.45, 7) is 7.58. The zero-order valence-electron chi connectivity index (χ0n) is 12.2. The minimum atomic E-state index is -3.37. The van der Waals surface area contributed by atoms with Gasteiger partial charge in [0.2, 0.25) is 10.0 Å². The first-order chi connectivity index (χ1) is 8.89. The summed E-state index contributed by atoms with van der Waals surface area (Å²) in [5.74, 6) is 0. The van der Waals surface area contributed by atoms with Crippen LogP contribution in [0.15, 0.2) is 29.2 Å². The van der Waals surface area contributed by atoms with Gasteiger partial charge in [-0.1, -0.05) is 19.1 Å². The molecule has 0 bridgehead atoms. The first kappa shape index (κ1) is 16.1. The van der Waals surface area contributed by atoms with Gasteiger partial charge < -0.3 is 5.32 Å². The number of nitrogens with zero attached hydrogens (tertiary/aromatic N) is 1. The van der Waals surface area contributed by atoms with Crippen LogP contribution in [0, 0.1) is 0 Å². The molecule has 0 atom stereocenters. The summed E-state index contributed by atoms with van der Waals surface area (Å²) in [6, 6.07) is 7.04. The van der Waals surface area contributed by atoms with Gasteiger partial charge >= 0.3 is 0 Å². The fourth-order valence-corrected chi connectivity index (χ4v) is 3.00. The lowest BCUT2D eigenvalue weighted by molar-refractivity contribution is 0.410. The first-order valence-electron chi connectivity index (χ1n) is 6.67. The molecule has 1 N–H and O–H groups in total. The van der Waals surface area contributed by atoms with Crippen LogP contribution in [0.3, 0.4) is 0 Å². The lowest BCUT2D eigenvalue weighted by Crippen LogP contribution is -2.33. The predicted molar refractivity (Wildman–Crippen MR) is 78.5 cm³/mol. The van der Waals surface area contributed by atoms with Gasteiger partial charge in [0.25, 0.3) is 0 Å². The zero-order valence-corrected chi connectivity index (χ0v) is 13.0. The summed E-state index contributed by atoms with van der Waals surface area (Å²) in [7, 11) is -1.76. The van der Waals surface area contributed by atoms with E-state index in [0.29, 0.717) is 4.90 Å². The van der Waals surface area contributed by atoms with Gasteiger partial charge in [0.05, 0.1) is 4.90 Å². The summed E-state index contributed by atoms with van der Waals surface area (Å²) in [6.07, 6.45) is 1.09. The average Bonchev–Trinajstić information content (AvgIpc) is 2.38. The van der Waals surface area contributed by atoms with E-state index in [4.69, 9.17) is 0 Å². The largest absolute Gasteiger partial charge is 0.313 e. The van der Waals surface area contributed by atoms with E-state index in [1.807, 2.05) is 26.0 Å². The Morgan fingerprint density at radius 1 is 1.21 bits per heavy atom. The number of sulfonamides is 1. The van der Waals surface area contributed by atoms with Gasteiger partial charge in [-0.15, -0.1) is 0 Å². The summed E-state index contributed by atoms with van der Waals surface area (Å²) in [5, 5.41) is 3.29. The molecular weight excluding hydrogens is 260 g/mol. The van der Waals surface area contributed by atoms with E-state index >= 15 is 0 Å². The first-order valence-corrected chi connectivity index (χ1v) is 8.11. The average molecular weight is 284 g/mol. The predicted octanol–water partition coefficient (Wildman–Crippen LogP) is 2.22. The summed E-state index contributed by atoms with van der Waals surface area (Å²) in [5.41, 5.74) is 1.10. The van der Waals surface area contributed by atoms with E-state index in [1.54, 1.807) is 19.2 Å². The highest BCUT2D eigenvalue weighted by atomic mass is 32.2. The molecule has 0 heterocycles. The highest BCUT2D eigenvalue weighted by Gasteiger charge is 2.22. The molecule has 1 aromatic rings. The van der Waals surface area contributed by atoms with Crippen LogP contribution in [0.4, 0.5) is 0 Å². The molecule has 0 aliphatic carbocycles. The number of rotatable bonds is 7. The van der Waals surface area contributed by atoms with Crippen LogP contribution < -0.4 is 5.32 Å². The van der Waals surface area contributed by atoms with E-state index in [2.05, 4.69) is 12.2 Å². The lowest BCUT2D eigenvalue weighted by Gasteiger charge is -2.21. The van der Waals surface area contributed by atoms with Crippen molar-refractivity contribution in [2.24, 2.45) is 0 Å². The number of hydrogen-bond donors (Lipinski definition) is 1. The van der Waals surface area contributed by atoms with E-state index in [1.165, 1.54) is 4.31 Å². The van der Waals surface area contributed by atoms with Crippen LogP contribution in [0.2, 0.25) is 0 Å². The summed E-state index contributed by atoms with van der Waals surface area (Å²) < 4.78 is 25.9. The molecule has 5 heteroatoms. The van der Waals surface area contributed by atoms with Gasteiger partial charge in [0, 0.05) is 19.6 Å². The molecule has 1 rings (SSSR count). The van der Waals surface area contributed by atoms with Gasteiger partial charge in [-0.2, -0.15) is 4.31 Å². The highest BCUT2D eigenvalue weighted by Crippen LogP contribution is 2.17. The minimum Gasteiger partial charge on any atom is -0.313 e. The van der Waals surface area contributed by atoms with Crippen molar-refractivity contribution >= 4 is 10.0 Å². The number of nitrogens with one attached hydrogen (secondary N) is 1. The molecule has 0 aromatic heterocycles. The van der Waals surface area contributed by atoms with Crippen LogP contribution in [0.5, 0.6) is 0 Å². The molecule has 0 radical (unpaired) electrons. The smallest absolute Gasteiger partial charge is 0.243 e. The molecule has 0 unspecified atom stereocenters. The zero-order chi connectivity index (χ0) is 14.5. The lowest BCUT2D eigenvalue weighted by atomic mass is 10.2. The van der Waals surface area contributed by atoms with Crippen molar-refractivity contribution in [2.45, 2.75) is 44.7 Å². The van der Waals surface area contributed by atoms with Crippen molar-refractivity contribution in [1.29, 1.82) is 0 Å². The number of hydrogen-bond acceptors (Lipinski definition) is 3. The van der Waals surface area contributed by atoms with Crippen LogP contribution in [0.25, 0.3) is 0 Å². The van der Waals surface area contributed by atoms with Gasteiger partial charge in [0.1, 0.15) is 0 Å². The fraction of sp³-hybridized carbons (Fsp3) is 0.571. The Kier molecular flexibility index (Phi) is 5.97. The van der Waals surface area contributed by atoms with Gasteiger partial charge in [0.15, 0.2) is 0 Å². The quantitative estimate of drug-likeness (QED) is 0.781. The van der Waals surface area contributed by atoms with Gasteiger partial charge in [-0.3, -0.25) is 0 Å². The van der Waals surface area contributed by atoms with Crippen LogP contribution >= 0.6 is 0 Å². The topological polar surface area (TPSA) is 49.4 Å². The Bertz CT molecular complexity index is 481. The SMILES string of the molecule is CCCNCc1ccc(S(=O)(=O)N(C)C(C)C)cc1. The Balaban J connectivity index is 2.81. The molecule has 4 nitrogen and oxygen atoms in total.